The number of hydrogen-bond acceptors (Lipinski definition) is 7. The van der Waals surface area contributed by atoms with Crippen molar-refractivity contribution in [3.63, 3.8) is 0 Å². The predicted molar refractivity (Wildman–Crippen MR) is 146 cm³/mol. The summed E-state index contributed by atoms with van der Waals surface area (Å²) in [5.41, 5.74) is 5.16. The Morgan fingerprint density at radius 3 is 1.58 bits per heavy atom. The summed E-state index contributed by atoms with van der Waals surface area (Å²) in [6.45, 7) is 17.5. The molecule has 1 heterocycles. The molecule has 0 amide bonds. The van der Waals surface area contributed by atoms with E-state index < -0.39 is 22.3 Å². The number of ether oxygens (including phenoxy) is 2. The fraction of sp³-hybridized carbons (Fsp3) is 0.433. The molecule has 2 aromatic carbocycles. The first-order chi connectivity index (χ1) is 17.1. The average Bonchev–Trinajstić information content (AvgIpc) is 2.79. The molecular weight excluding hydrogens is 525 g/mol. The number of aromatic nitrogens is 2. The van der Waals surface area contributed by atoms with Crippen molar-refractivity contribution in [3.8, 4) is 23.0 Å². The van der Waals surface area contributed by atoms with Gasteiger partial charge >= 0.3 is 16.5 Å². The minimum absolute atomic E-state index is 0. The first-order valence-electron chi connectivity index (χ1n) is 12.2. The second-order valence-corrected chi connectivity index (χ2v) is 11.1. The van der Waals surface area contributed by atoms with Crippen LogP contribution in [0.4, 0.5) is 5.69 Å². The van der Waals surface area contributed by atoms with E-state index in [1.807, 2.05) is 41.5 Å². The quantitative estimate of drug-likeness (QED) is 0.302. The zero-order valence-corrected chi connectivity index (χ0v) is 25.2. The van der Waals surface area contributed by atoms with Crippen LogP contribution in [0.1, 0.15) is 75.1 Å². The molecule has 0 unspecified atom stereocenters. The van der Waals surface area contributed by atoms with Gasteiger partial charge in [0.2, 0.25) is 0 Å². The molecule has 0 radical (unpaired) electrons. The summed E-state index contributed by atoms with van der Waals surface area (Å²) in [7, 11) is 2.98. The molecule has 0 aliphatic rings. The van der Waals surface area contributed by atoms with Crippen molar-refractivity contribution >= 4 is 11.9 Å². The van der Waals surface area contributed by atoms with Crippen LogP contribution in [0.25, 0.3) is 0 Å². The minimum Gasteiger partial charge on any atom is -0.873 e. The van der Waals surface area contributed by atoms with Gasteiger partial charge in [-0.1, -0.05) is 59.2 Å². The molecule has 0 bridgehead atoms. The summed E-state index contributed by atoms with van der Waals surface area (Å²) in [5.74, 6) is -0.260. The number of nitrogens with zero attached hydrogens (tertiary/aromatic N) is 3. The van der Waals surface area contributed by atoms with E-state index in [4.69, 9.17) is 9.47 Å². The SMILES string of the molecule is COc1c(OC)c(C(C)(C)C)c([O-])c([O-])c1C(C)(C)C.Cc1cc(C)c(N=Cc2cnccn2)c(C)c1.[Ni+2]. The molecule has 3 rings (SSSR count). The van der Waals surface area contributed by atoms with Crippen molar-refractivity contribution in [2.75, 3.05) is 14.2 Å². The molecule has 0 spiro atoms. The molecule has 0 aliphatic heterocycles. The van der Waals surface area contributed by atoms with E-state index in [9.17, 15) is 10.2 Å². The van der Waals surface area contributed by atoms with Crippen LogP contribution in [-0.4, -0.2) is 30.4 Å². The normalized spacial score (nSPS) is 11.4. The van der Waals surface area contributed by atoms with E-state index >= 15 is 0 Å². The summed E-state index contributed by atoms with van der Waals surface area (Å²) < 4.78 is 10.8. The van der Waals surface area contributed by atoms with Crippen LogP contribution in [0.15, 0.2) is 35.7 Å². The Balaban J connectivity index is 0.000000374. The molecule has 208 valence electrons. The van der Waals surface area contributed by atoms with Gasteiger partial charge in [-0.25, -0.2) is 0 Å². The Morgan fingerprint density at radius 1 is 0.789 bits per heavy atom. The van der Waals surface area contributed by atoms with Gasteiger partial charge in [-0.15, -0.1) is 11.5 Å². The van der Waals surface area contributed by atoms with Crippen molar-refractivity contribution < 1.29 is 36.2 Å². The molecule has 1 aromatic heterocycles. The number of benzene rings is 2. The van der Waals surface area contributed by atoms with Gasteiger partial charge in [-0.2, -0.15) is 0 Å². The second kappa shape index (κ2) is 13.1. The number of rotatable bonds is 4. The predicted octanol–water partition coefficient (Wildman–Crippen LogP) is 5.60. The molecule has 0 N–H and O–H groups in total. The van der Waals surface area contributed by atoms with Gasteiger partial charge < -0.3 is 19.7 Å². The second-order valence-electron chi connectivity index (χ2n) is 11.1. The number of aryl methyl sites for hydroxylation is 3. The van der Waals surface area contributed by atoms with Gasteiger partial charge in [0.05, 0.1) is 38.0 Å². The number of hydrogen-bond donors (Lipinski definition) is 0. The van der Waals surface area contributed by atoms with E-state index in [-0.39, 0.29) is 16.5 Å². The van der Waals surface area contributed by atoms with Crippen LogP contribution in [0, 0.1) is 20.8 Å². The Morgan fingerprint density at radius 2 is 1.24 bits per heavy atom. The molecule has 0 saturated carbocycles. The van der Waals surface area contributed by atoms with E-state index in [0.717, 1.165) is 11.4 Å². The van der Waals surface area contributed by atoms with Crippen molar-refractivity contribution in [1.82, 2.24) is 9.97 Å². The molecule has 0 aliphatic carbocycles. The topological polar surface area (TPSA) is 103 Å². The summed E-state index contributed by atoms with van der Waals surface area (Å²) in [6.07, 6.45) is 6.76. The average molecular weight is 564 g/mol. The van der Waals surface area contributed by atoms with Crippen LogP contribution in [-0.2, 0) is 27.3 Å². The standard InChI is InChI=1S/C16H26O4.C14H15N3.Ni/c1-15(2,3)9-11(17)12(18)10(16(4,5)6)14(20-8)13(9)19-7;1-10-6-11(2)14(12(3)7-10)17-9-13-8-15-4-5-16-13;/h17-18H,1-8H3;4-9H,1-3H3;/q;;+2/p-2. The molecule has 0 saturated heterocycles. The first kappa shape index (κ1) is 32.9. The molecule has 3 aromatic rings. The first-order valence-corrected chi connectivity index (χ1v) is 12.2. The zero-order chi connectivity index (χ0) is 28.1. The number of methoxy groups -OCH3 is 2. The summed E-state index contributed by atoms with van der Waals surface area (Å²) in [4.78, 5) is 12.7. The zero-order valence-electron chi connectivity index (χ0n) is 24.3. The minimum atomic E-state index is -0.500. The molecular formula is C30H39N3NiO4. The van der Waals surface area contributed by atoms with Gasteiger partial charge in [0.15, 0.2) is 11.5 Å². The third-order valence-electron chi connectivity index (χ3n) is 5.77. The Bertz CT molecular complexity index is 1190. The van der Waals surface area contributed by atoms with Crippen LogP contribution in [0.5, 0.6) is 23.0 Å². The van der Waals surface area contributed by atoms with Crippen molar-refractivity contribution in [3.05, 3.63) is 64.2 Å². The third kappa shape index (κ3) is 7.70. The number of aliphatic imine (C=N–C) groups is 1. The van der Waals surface area contributed by atoms with E-state index in [1.54, 1.807) is 24.8 Å². The van der Waals surface area contributed by atoms with Gasteiger partial charge in [0.1, 0.15) is 0 Å². The van der Waals surface area contributed by atoms with E-state index in [0.29, 0.717) is 22.6 Å². The smallest absolute Gasteiger partial charge is 0.873 e. The maximum absolute atomic E-state index is 12.5. The third-order valence-corrected chi connectivity index (χ3v) is 5.77. The van der Waals surface area contributed by atoms with Gasteiger partial charge in [0.25, 0.3) is 0 Å². The Kier molecular flexibility index (Phi) is 11.3. The molecule has 38 heavy (non-hydrogen) atoms. The summed E-state index contributed by atoms with van der Waals surface area (Å²) in [6, 6.07) is 4.27. The van der Waals surface area contributed by atoms with Crippen LogP contribution in [0.2, 0.25) is 0 Å². The van der Waals surface area contributed by atoms with E-state index in [2.05, 4.69) is 47.9 Å². The van der Waals surface area contributed by atoms with Crippen molar-refractivity contribution in [1.29, 1.82) is 0 Å². The maximum atomic E-state index is 12.5. The van der Waals surface area contributed by atoms with Crippen LogP contribution in [0.3, 0.4) is 0 Å². The largest absolute Gasteiger partial charge is 2.00 e. The van der Waals surface area contributed by atoms with Gasteiger partial charge in [-0.05, 0) is 53.9 Å². The van der Waals surface area contributed by atoms with Gasteiger partial charge in [-0.3, -0.25) is 15.0 Å². The van der Waals surface area contributed by atoms with E-state index in [1.165, 1.54) is 30.9 Å². The van der Waals surface area contributed by atoms with Crippen molar-refractivity contribution in [2.24, 2.45) is 4.99 Å². The Labute approximate surface area is 237 Å². The fourth-order valence-corrected chi connectivity index (χ4v) is 4.30. The summed E-state index contributed by atoms with van der Waals surface area (Å²) >= 11 is 0. The molecule has 7 nitrogen and oxygen atoms in total. The van der Waals surface area contributed by atoms with Gasteiger partial charge in [0, 0.05) is 12.4 Å². The fourth-order valence-electron chi connectivity index (χ4n) is 4.30. The van der Waals surface area contributed by atoms with Crippen LogP contribution < -0.4 is 19.7 Å². The molecule has 0 fully saturated rings. The van der Waals surface area contributed by atoms with Crippen LogP contribution >= 0.6 is 0 Å². The molecule has 8 heteroatoms. The maximum Gasteiger partial charge on any atom is 2.00 e. The Hall–Kier alpha value is -3.12. The monoisotopic (exact) mass is 563 g/mol. The summed E-state index contributed by atoms with van der Waals surface area (Å²) in [5, 5.41) is 25.0. The molecule has 0 atom stereocenters. The van der Waals surface area contributed by atoms with Crippen molar-refractivity contribution in [2.45, 2.75) is 73.1 Å².